The molecule has 0 spiro atoms. The molecule has 1 aromatic rings. The van der Waals surface area contributed by atoms with Crippen LogP contribution in [0.5, 0.6) is 5.88 Å². The van der Waals surface area contributed by atoms with Gasteiger partial charge in [-0.3, -0.25) is 14.6 Å². The molecule has 0 aliphatic carbocycles. The third-order valence-electron chi connectivity index (χ3n) is 1.64. The highest BCUT2D eigenvalue weighted by Crippen LogP contribution is 2.19. The highest BCUT2D eigenvalue weighted by molar-refractivity contribution is 5.77. The Morgan fingerprint density at radius 3 is 2.64 bits per heavy atom. The molecule has 1 aromatic heterocycles. The van der Waals surface area contributed by atoms with E-state index in [1.165, 1.54) is 7.11 Å². The van der Waals surface area contributed by atoms with Gasteiger partial charge in [0.2, 0.25) is 0 Å². The normalized spacial score (nSPS) is 10.3. The first-order valence-corrected chi connectivity index (χ1v) is 3.64. The summed E-state index contributed by atoms with van der Waals surface area (Å²) in [7, 11) is 1.25. The van der Waals surface area contributed by atoms with Crippen LogP contribution in [-0.4, -0.2) is 18.4 Å². The van der Waals surface area contributed by atoms with Crippen molar-refractivity contribution in [3.63, 3.8) is 0 Å². The highest BCUT2D eigenvalue weighted by atomic mass is 19.3. The van der Waals surface area contributed by atoms with Gasteiger partial charge in [0, 0.05) is 11.6 Å². The summed E-state index contributed by atoms with van der Waals surface area (Å²) in [6.45, 7) is 0. The minimum atomic E-state index is -2.98. The number of methoxy groups -OCH3 is 1. The van der Waals surface area contributed by atoms with Gasteiger partial charge >= 0.3 is 0 Å². The van der Waals surface area contributed by atoms with Crippen LogP contribution in [0, 0.1) is 0 Å². The van der Waals surface area contributed by atoms with E-state index >= 15 is 0 Å². The van der Waals surface area contributed by atoms with E-state index in [9.17, 15) is 18.4 Å². The number of ether oxygens (including phenoxy) is 1. The topological polar surface area (TPSA) is 59.2 Å². The number of alkyl halides is 2. The zero-order chi connectivity index (χ0) is 10.7. The SMILES string of the molecule is COc1cc(C=O)c(C(F)F)c(=O)[nH]1. The Bertz CT molecular complexity index is 400. The van der Waals surface area contributed by atoms with Crippen molar-refractivity contribution in [3.8, 4) is 5.88 Å². The minimum Gasteiger partial charge on any atom is -0.482 e. The predicted octanol–water partition coefficient (Wildman–Crippen LogP) is 1.13. The number of H-pyrrole nitrogens is 1. The molecule has 1 N–H and O–H groups in total. The van der Waals surface area contributed by atoms with E-state index in [0.717, 1.165) is 6.07 Å². The third kappa shape index (κ3) is 1.78. The average Bonchev–Trinajstić information content (AvgIpc) is 2.15. The molecule has 0 aliphatic heterocycles. The molecular formula is C8H7F2NO3. The monoisotopic (exact) mass is 203 g/mol. The zero-order valence-electron chi connectivity index (χ0n) is 7.21. The van der Waals surface area contributed by atoms with Crippen LogP contribution in [0.2, 0.25) is 0 Å². The van der Waals surface area contributed by atoms with Crippen molar-refractivity contribution < 1.29 is 18.3 Å². The summed E-state index contributed by atoms with van der Waals surface area (Å²) in [6, 6.07) is 1.05. The van der Waals surface area contributed by atoms with Crippen LogP contribution in [-0.2, 0) is 0 Å². The maximum atomic E-state index is 12.3. The molecule has 0 saturated heterocycles. The largest absolute Gasteiger partial charge is 0.482 e. The Morgan fingerprint density at radius 1 is 1.57 bits per heavy atom. The molecule has 4 nitrogen and oxygen atoms in total. The Kier molecular flexibility index (Phi) is 2.95. The van der Waals surface area contributed by atoms with Crippen molar-refractivity contribution in [2.24, 2.45) is 0 Å². The lowest BCUT2D eigenvalue weighted by molar-refractivity contribution is 0.110. The molecule has 76 valence electrons. The number of carbonyl (C=O) groups is 1. The first kappa shape index (κ1) is 10.4. The summed E-state index contributed by atoms with van der Waals surface area (Å²) < 4.78 is 29.2. The fourth-order valence-corrected chi connectivity index (χ4v) is 0.998. The van der Waals surface area contributed by atoms with Crippen LogP contribution in [0.4, 0.5) is 8.78 Å². The Balaban J connectivity index is 3.42. The van der Waals surface area contributed by atoms with Gasteiger partial charge in [-0.2, -0.15) is 0 Å². The van der Waals surface area contributed by atoms with Crippen LogP contribution in [0.25, 0.3) is 0 Å². The van der Waals surface area contributed by atoms with Gasteiger partial charge in [-0.05, 0) is 0 Å². The number of halogens is 2. The van der Waals surface area contributed by atoms with Crippen LogP contribution < -0.4 is 10.3 Å². The number of hydrogen-bond donors (Lipinski definition) is 1. The molecule has 0 aromatic carbocycles. The van der Waals surface area contributed by atoms with Crippen LogP contribution in [0.1, 0.15) is 22.3 Å². The first-order valence-electron chi connectivity index (χ1n) is 3.64. The van der Waals surface area contributed by atoms with Crippen molar-refractivity contribution in [3.05, 3.63) is 27.5 Å². The third-order valence-corrected chi connectivity index (χ3v) is 1.64. The van der Waals surface area contributed by atoms with Crippen molar-refractivity contribution in [1.29, 1.82) is 0 Å². The number of pyridine rings is 1. The fraction of sp³-hybridized carbons (Fsp3) is 0.250. The van der Waals surface area contributed by atoms with Gasteiger partial charge in [0.1, 0.15) is 0 Å². The molecule has 0 unspecified atom stereocenters. The zero-order valence-corrected chi connectivity index (χ0v) is 7.21. The summed E-state index contributed by atoms with van der Waals surface area (Å²) >= 11 is 0. The van der Waals surface area contributed by atoms with Gasteiger partial charge in [-0.1, -0.05) is 0 Å². The molecule has 0 saturated carbocycles. The fourth-order valence-electron chi connectivity index (χ4n) is 0.998. The quantitative estimate of drug-likeness (QED) is 0.749. The molecule has 0 aliphatic rings. The molecule has 1 rings (SSSR count). The van der Waals surface area contributed by atoms with Crippen LogP contribution in [0.3, 0.4) is 0 Å². The van der Waals surface area contributed by atoms with E-state index in [0.29, 0.717) is 0 Å². The molecule has 6 heteroatoms. The number of aldehydes is 1. The van der Waals surface area contributed by atoms with Crippen molar-refractivity contribution in [2.75, 3.05) is 7.11 Å². The number of rotatable bonds is 3. The number of carbonyl (C=O) groups excluding carboxylic acids is 1. The Hall–Kier alpha value is -1.72. The van der Waals surface area contributed by atoms with Gasteiger partial charge in [0.15, 0.2) is 12.2 Å². The van der Waals surface area contributed by atoms with E-state index in [-0.39, 0.29) is 17.7 Å². The summed E-state index contributed by atoms with van der Waals surface area (Å²) in [5.74, 6) is -0.0264. The molecule has 0 atom stereocenters. The van der Waals surface area contributed by atoms with Gasteiger partial charge in [-0.15, -0.1) is 0 Å². The van der Waals surface area contributed by atoms with Crippen molar-refractivity contribution in [2.45, 2.75) is 6.43 Å². The molecule has 1 heterocycles. The summed E-state index contributed by atoms with van der Waals surface area (Å²) in [5.41, 5.74) is -2.21. The second-order valence-electron chi connectivity index (χ2n) is 2.45. The van der Waals surface area contributed by atoms with Crippen molar-refractivity contribution >= 4 is 6.29 Å². The maximum absolute atomic E-state index is 12.3. The van der Waals surface area contributed by atoms with Gasteiger partial charge in [0.25, 0.3) is 12.0 Å². The molecular weight excluding hydrogens is 196 g/mol. The van der Waals surface area contributed by atoms with E-state index in [1.807, 2.05) is 0 Å². The smallest absolute Gasteiger partial charge is 0.269 e. The molecule has 0 bridgehead atoms. The minimum absolute atomic E-state index is 0.0264. The van der Waals surface area contributed by atoms with Gasteiger partial charge in [0.05, 0.1) is 12.7 Å². The lowest BCUT2D eigenvalue weighted by atomic mass is 10.1. The van der Waals surface area contributed by atoms with E-state index < -0.39 is 17.5 Å². The average molecular weight is 203 g/mol. The van der Waals surface area contributed by atoms with E-state index in [2.05, 4.69) is 9.72 Å². The lowest BCUT2D eigenvalue weighted by Crippen LogP contribution is -2.16. The lowest BCUT2D eigenvalue weighted by Gasteiger charge is -2.04. The first-order chi connectivity index (χ1) is 6.60. The summed E-state index contributed by atoms with van der Waals surface area (Å²) in [6.07, 6.45) is -2.79. The highest BCUT2D eigenvalue weighted by Gasteiger charge is 2.18. The summed E-state index contributed by atoms with van der Waals surface area (Å²) in [4.78, 5) is 23.5. The second kappa shape index (κ2) is 3.99. The number of aromatic nitrogens is 1. The van der Waals surface area contributed by atoms with Gasteiger partial charge in [-0.25, -0.2) is 8.78 Å². The standard InChI is InChI=1S/C8H7F2NO3/c1-14-5-2-4(3-12)6(7(9)10)8(13)11-5/h2-3,7H,1H3,(H,11,13). The molecule has 0 amide bonds. The number of nitrogens with one attached hydrogen (secondary N) is 1. The second-order valence-corrected chi connectivity index (χ2v) is 2.45. The summed E-state index contributed by atoms with van der Waals surface area (Å²) in [5, 5.41) is 0. The van der Waals surface area contributed by atoms with Crippen LogP contribution in [0.15, 0.2) is 10.9 Å². The maximum Gasteiger partial charge on any atom is 0.269 e. The van der Waals surface area contributed by atoms with Crippen LogP contribution >= 0.6 is 0 Å². The molecule has 0 radical (unpaired) electrons. The van der Waals surface area contributed by atoms with Gasteiger partial charge < -0.3 is 4.74 Å². The molecule has 14 heavy (non-hydrogen) atoms. The van der Waals surface area contributed by atoms with E-state index in [1.54, 1.807) is 0 Å². The Morgan fingerprint density at radius 2 is 2.21 bits per heavy atom. The molecule has 0 fully saturated rings. The number of aromatic amines is 1. The van der Waals surface area contributed by atoms with Crippen molar-refractivity contribution in [1.82, 2.24) is 4.98 Å². The van der Waals surface area contributed by atoms with E-state index in [4.69, 9.17) is 0 Å². The predicted molar refractivity (Wildman–Crippen MR) is 44.0 cm³/mol. The number of hydrogen-bond acceptors (Lipinski definition) is 3. The Labute approximate surface area is 77.5 Å².